The maximum atomic E-state index is 12.5. The number of carbonyl (C=O) groups excluding carboxylic acids is 2. The highest BCUT2D eigenvalue weighted by atomic mass is 16.5. The lowest BCUT2D eigenvalue weighted by molar-refractivity contribution is -0.123. The molecule has 0 bridgehead atoms. The average molecular weight is 362 g/mol. The van der Waals surface area contributed by atoms with E-state index in [0.717, 1.165) is 6.42 Å². The largest absolute Gasteiger partial charge is 0.492 e. The van der Waals surface area contributed by atoms with E-state index in [1.165, 1.54) is 0 Å². The number of benzene rings is 1. The lowest BCUT2D eigenvalue weighted by Gasteiger charge is -2.34. The summed E-state index contributed by atoms with van der Waals surface area (Å²) in [6, 6.07) is 7.47. The third-order valence-electron chi connectivity index (χ3n) is 4.47. The van der Waals surface area contributed by atoms with Gasteiger partial charge < -0.3 is 20.3 Å². The molecule has 1 aliphatic heterocycles. The van der Waals surface area contributed by atoms with E-state index in [9.17, 15) is 9.59 Å². The predicted octanol–water partition coefficient (Wildman–Crippen LogP) is 2.15. The Hall–Kier alpha value is -2.28. The van der Waals surface area contributed by atoms with Gasteiger partial charge in [0.25, 0.3) is 0 Å². The summed E-state index contributed by atoms with van der Waals surface area (Å²) in [7, 11) is 0. The van der Waals surface area contributed by atoms with Crippen LogP contribution in [0.3, 0.4) is 0 Å². The molecular formula is C19H30N4O3. The number of nitrogens with one attached hydrogen (secondary N) is 2. The Balaban J connectivity index is 1.80. The second-order valence-electron chi connectivity index (χ2n) is 6.50. The highest BCUT2D eigenvalue weighted by molar-refractivity contribution is 5.91. The summed E-state index contributed by atoms with van der Waals surface area (Å²) in [5, 5.41) is 5.89. The molecule has 0 aliphatic carbocycles. The Morgan fingerprint density at radius 1 is 1.15 bits per heavy atom. The third kappa shape index (κ3) is 5.91. The van der Waals surface area contributed by atoms with Crippen molar-refractivity contribution in [3.63, 3.8) is 0 Å². The fourth-order valence-corrected chi connectivity index (χ4v) is 2.78. The highest BCUT2D eigenvalue weighted by Gasteiger charge is 2.23. The molecular weight excluding hydrogens is 332 g/mol. The molecule has 0 aromatic heterocycles. The topological polar surface area (TPSA) is 73.9 Å². The lowest BCUT2D eigenvalue weighted by Crippen LogP contribution is -2.52. The summed E-state index contributed by atoms with van der Waals surface area (Å²) in [4.78, 5) is 28.3. The molecule has 1 aromatic rings. The molecule has 1 atom stereocenters. The summed E-state index contributed by atoms with van der Waals surface area (Å²) in [6.07, 6.45) is 0.920. The third-order valence-corrected chi connectivity index (χ3v) is 4.47. The van der Waals surface area contributed by atoms with Crippen LogP contribution in [0.25, 0.3) is 0 Å². The Morgan fingerprint density at radius 3 is 2.50 bits per heavy atom. The van der Waals surface area contributed by atoms with Gasteiger partial charge in [-0.2, -0.15) is 0 Å². The van der Waals surface area contributed by atoms with Gasteiger partial charge in [0.1, 0.15) is 5.75 Å². The van der Waals surface area contributed by atoms with Gasteiger partial charge >= 0.3 is 6.03 Å². The van der Waals surface area contributed by atoms with Crippen LogP contribution >= 0.6 is 0 Å². The van der Waals surface area contributed by atoms with Crippen molar-refractivity contribution in [3.8, 4) is 5.75 Å². The first-order chi connectivity index (χ1) is 12.5. The molecule has 1 aliphatic rings. The fourth-order valence-electron chi connectivity index (χ4n) is 2.78. The molecule has 3 amide bonds. The number of hydrogen-bond donors (Lipinski definition) is 2. The number of hydrogen-bond acceptors (Lipinski definition) is 4. The molecule has 1 fully saturated rings. The maximum absolute atomic E-state index is 12.5. The number of carbonyl (C=O) groups is 2. The summed E-state index contributed by atoms with van der Waals surface area (Å²) < 4.78 is 5.54. The Morgan fingerprint density at radius 2 is 1.85 bits per heavy atom. The van der Waals surface area contributed by atoms with Crippen LogP contribution in [0.4, 0.5) is 10.5 Å². The molecule has 144 valence electrons. The van der Waals surface area contributed by atoms with Crippen LogP contribution in [0.15, 0.2) is 24.3 Å². The van der Waals surface area contributed by atoms with E-state index in [-0.39, 0.29) is 18.0 Å². The number of amides is 3. The number of piperazine rings is 1. The zero-order valence-electron chi connectivity index (χ0n) is 16.0. The zero-order chi connectivity index (χ0) is 18.9. The van der Waals surface area contributed by atoms with Gasteiger partial charge in [-0.3, -0.25) is 9.69 Å². The SMILES string of the molecule is CCOc1ccccc1NC(=O)N1CCN(CC(=O)NC(C)CC)CC1. The molecule has 0 spiro atoms. The molecule has 1 saturated heterocycles. The van der Waals surface area contributed by atoms with Crippen LogP contribution in [-0.2, 0) is 4.79 Å². The monoisotopic (exact) mass is 362 g/mol. The molecule has 0 saturated carbocycles. The van der Waals surface area contributed by atoms with Crippen LogP contribution in [0, 0.1) is 0 Å². The van der Waals surface area contributed by atoms with Gasteiger partial charge in [-0.05, 0) is 32.4 Å². The van der Waals surface area contributed by atoms with E-state index in [0.29, 0.717) is 50.8 Å². The molecule has 26 heavy (non-hydrogen) atoms. The van der Waals surface area contributed by atoms with E-state index < -0.39 is 0 Å². The van der Waals surface area contributed by atoms with E-state index in [4.69, 9.17) is 4.74 Å². The van der Waals surface area contributed by atoms with Gasteiger partial charge in [-0.15, -0.1) is 0 Å². The minimum atomic E-state index is -0.138. The van der Waals surface area contributed by atoms with Crippen LogP contribution in [0.1, 0.15) is 27.2 Å². The first-order valence-electron chi connectivity index (χ1n) is 9.33. The summed E-state index contributed by atoms with van der Waals surface area (Å²) >= 11 is 0. The van der Waals surface area contributed by atoms with Crippen molar-refractivity contribution >= 4 is 17.6 Å². The molecule has 1 heterocycles. The van der Waals surface area contributed by atoms with Crippen molar-refractivity contribution in [3.05, 3.63) is 24.3 Å². The average Bonchev–Trinajstić information content (AvgIpc) is 2.64. The van der Waals surface area contributed by atoms with Crippen molar-refractivity contribution in [1.82, 2.24) is 15.1 Å². The van der Waals surface area contributed by atoms with Gasteiger partial charge in [0.15, 0.2) is 0 Å². The zero-order valence-corrected chi connectivity index (χ0v) is 16.0. The number of para-hydroxylation sites is 2. The quantitative estimate of drug-likeness (QED) is 0.779. The molecule has 7 nitrogen and oxygen atoms in total. The van der Waals surface area contributed by atoms with Crippen LogP contribution < -0.4 is 15.4 Å². The first-order valence-corrected chi connectivity index (χ1v) is 9.33. The van der Waals surface area contributed by atoms with Crippen LogP contribution in [0.5, 0.6) is 5.75 Å². The number of ether oxygens (including phenoxy) is 1. The lowest BCUT2D eigenvalue weighted by atomic mass is 10.2. The van der Waals surface area contributed by atoms with Gasteiger partial charge in [0.2, 0.25) is 5.91 Å². The molecule has 7 heteroatoms. The van der Waals surface area contributed by atoms with E-state index in [1.54, 1.807) is 4.90 Å². The summed E-state index contributed by atoms with van der Waals surface area (Å²) in [5.74, 6) is 0.714. The van der Waals surface area contributed by atoms with Crippen molar-refractivity contribution in [2.45, 2.75) is 33.2 Å². The standard InChI is InChI=1S/C19H30N4O3/c1-4-15(3)20-18(24)14-22-10-12-23(13-11-22)19(25)21-16-8-6-7-9-17(16)26-5-2/h6-9,15H,4-5,10-14H2,1-3H3,(H,20,24)(H,21,25). The minimum Gasteiger partial charge on any atom is -0.492 e. The second-order valence-corrected chi connectivity index (χ2v) is 6.50. The van der Waals surface area contributed by atoms with Crippen molar-refractivity contribution in [2.75, 3.05) is 44.6 Å². The van der Waals surface area contributed by atoms with Gasteiger partial charge in [-0.1, -0.05) is 19.1 Å². The molecule has 0 radical (unpaired) electrons. The van der Waals surface area contributed by atoms with E-state index >= 15 is 0 Å². The summed E-state index contributed by atoms with van der Waals surface area (Å²) in [6.45, 7) is 9.46. The van der Waals surface area contributed by atoms with Crippen molar-refractivity contribution in [1.29, 1.82) is 0 Å². The van der Waals surface area contributed by atoms with Crippen molar-refractivity contribution in [2.24, 2.45) is 0 Å². The second kappa shape index (κ2) is 10.0. The van der Waals surface area contributed by atoms with Gasteiger partial charge in [0.05, 0.1) is 18.8 Å². The Bertz CT molecular complexity index is 600. The smallest absolute Gasteiger partial charge is 0.322 e. The normalized spacial score (nSPS) is 16.0. The van der Waals surface area contributed by atoms with Crippen molar-refractivity contribution < 1.29 is 14.3 Å². The minimum absolute atomic E-state index is 0.0443. The number of rotatable bonds is 7. The van der Waals surface area contributed by atoms with E-state index in [2.05, 4.69) is 15.5 Å². The number of nitrogens with zero attached hydrogens (tertiary/aromatic N) is 2. The molecule has 2 N–H and O–H groups in total. The first kappa shape index (κ1) is 20.0. The maximum Gasteiger partial charge on any atom is 0.322 e. The highest BCUT2D eigenvalue weighted by Crippen LogP contribution is 2.24. The van der Waals surface area contributed by atoms with Gasteiger partial charge in [-0.25, -0.2) is 4.79 Å². The van der Waals surface area contributed by atoms with Crippen LogP contribution in [0.2, 0.25) is 0 Å². The number of anilines is 1. The Kier molecular flexibility index (Phi) is 7.72. The molecule has 2 rings (SSSR count). The number of urea groups is 1. The summed E-state index contributed by atoms with van der Waals surface area (Å²) in [5.41, 5.74) is 0.676. The fraction of sp³-hybridized carbons (Fsp3) is 0.579. The molecule has 1 unspecified atom stereocenters. The van der Waals surface area contributed by atoms with Crippen LogP contribution in [-0.4, -0.2) is 67.1 Å². The van der Waals surface area contributed by atoms with Gasteiger partial charge in [0, 0.05) is 32.2 Å². The predicted molar refractivity (Wildman–Crippen MR) is 103 cm³/mol. The Labute approximate surface area is 155 Å². The molecule has 1 aromatic carbocycles. The van der Waals surface area contributed by atoms with E-state index in [1.807, 2.05) is 45.0 Å².